The summed E-state index contributed by atoms with van der Waals surface area (Å²) in [5.74, 6) is 0.444. The van der Waals surface area contributed by atoms with Gasteiger partial charge in [0, 0.05) is 18.0 Å². The zero-order chi connectivity index (χ0) is 19.9. The predicted molar refractivity (Wildman–Crippen MR) is 108 cm³/mol. The minimum absolute atomic E-state index is 0.0561. The number of nitrogens with one attached hydrogen (secondary N) is 2. The molecule has 0 aliphatic heterocycles. The van der Waals surface area contributed by atoms with Crippen LogP contribution in [0.25, 0.3) is 0 Å². The molecule has 2 amide bonds. The van der Waals surface area contributed by atoms with Gasteiger partial charge in [0.1, 0.15) is 12.4 Å². The maximum atomic E-state index is 12.2. The van der Waals surface area contributed by atoms with Gasteiger partial charge < -0.3 is 15.4 Å². The quantitative estimate of drug-likeness (QED) is 0.722. The van der Waals surface area contributed by atoms with Crippen molar-refractivity contribution in [1.82, 2.24) is 5.32 Å². The molecule has 0 radical (unpaired) electrons. The molecule has 1 atom stereocenters. The van der Waals surface area contributed by atoms with Crippen LogP contribution in [0.2, 0.25) is 0 Å². The first-order chi connectivity index (χ1) is 12.8. The number of urea groups is 1. The molecule has 1 unspecified atom stereocenters. The molecule has 0 aliphatic carbocycles. The average molecular weight is 391 g/mol. The first-order valence-corrected chi connectivity index (χ1v) is 10.9. The third-order valence-corrected chi connectivity index (χ3v) is 4.96. The lowest BCUT2D eigenvalue weighted by Gasteiger charge is -2.16. The average Bonchev–Trinajstić information content (AvgIpc) is 2.61. The van der Waals surface area contributed by atoms with Gasteiger partial charge in [-0.05, 0) is 36.6 Å². The maximum Gasteiger partial charge on any atom is 0.319 e. The van der Waals surface area contributed by atoms with E-state index in [0.29, 0.717) is 11.4 Å². The molecule has 146 valence electrons. The normalized spacial score (nSPS) is 12.3. The van der Waals surface area contributed by atoms with Crippen LogP contribution in [0.4, 0.5) is 10.5 Å². The fourth-order valence-corrected chi connectivity index (χ4v) is 2.85. The van der Waals surface area contributed by atoms with Crippen molar-refractivity contribution < 1.29 is 17.9 Å². The summed E-state index contributed by atoms with van der Waals surface area (Å²) in [6.45, 7) is 4.09. The van der Waals surface area contributed by atoms with Crippen molar-refractivity contribution >= 4 is 21.6 Å². The molecule has 27 heavy (non-hydrogen) atoms. The molecule has 0 spiro atoms. The number of benzene rings is 2. The third kappa shape index (κ3) is 7.30. The first-order valence-electron chi connectivity index (χ1n) is 8.84. The Hall–Kier alpha value is -2.54. The molecule has 2 N–H and O–H groups in total. The highest BCUT2D eigenvalue weighted by Crippen LogP contribution is 2.18. The molecule has 0 fully saturated rings. The number of hydrogen-bond acceptors (Lipinski definition) is 4. The third-order valence-electron chi connectivity index (χ3n) is 4.05. The van der Waals surface area contributed by atoms with Crippen LogP contribution >= 0.6 is 0 Å². The van der Waals surface area contributed by atoms with E-state index in [4.69, 9.17) is 4.74 Å². The Morgan fingerprint density at radius 2 is 1.85 bits per heavy atom. The number of anilines is 1. The monoisotopic (exact) mass is 390 g/mol. The number of sulfone groups is 1. The molecule has 2 aromatic carbocycles. The van der Waals surface area contributed by atoms with Crippen molar-refractivity contribution in [2.45, 2.75) is 26.3 Å². The summed E-state index contributed by atoms with van der Waals surface area (Å²) in [4.78, 5) is 12.2. The minimum atomic E-state index is -3.07. The molecule has 0 saturated heterocycles. The summed E-state index contributed by atoms with van der Waals surface area (Å²) < 4.78 is 27.7. The van der Waals surface area contributed by atoms with Gasteiger partial charge in [-0.1, -0.05) is 37.3 Å². The Balaban J connectivity index is 1.89. The van der Waals surface area contributed by atoms with Gasteiger partial charge in [0.25, 0.3) is 0 Å². The van der Waals surface area contributed by atoms with E-state index in [1.54, 1.807) is 24.3 Å². The number of rotatable bonds is 8. The molecular formula is C20H26N2O4S. The summed E-state index contributed by atoms with van der Waals surface area (Å²) in [5, 5.41) is 5.66. The summed E-state index contributed by atoms with van der Waals surface area (Å²) in [7, 11) is -3.07. The van der Waals surface area contributed by atoms with Crippen molar-refractivity contribution in [3.05, 3.63) is 59.7 Å². The maximum absolute atomic E-state index is 12.2. The standard InChI is InChI=1S/C20H26N2O4S/c1-4-16-8-10-17(11-9-16)15(2)21-20(23)22-18-6-5-7-19(14-18)26-12-13-27(3,24)25/h5-11,14-15H,4,12-13H2,1-3H3,(H2,21,22,23). The van der Waals surface area contributed by atoms with Crippen LogP contribution in [0.3, 0.4) is 0 Å². The van der Waals surface area contributed by atoms with Gasteiger partial charge >= 0.3 is 6.03 Å². The Bertz CT molecular complexity index is 864. The molecule has 2 rings (SSSR count). The van der Waals surface area contributed by atoms with Gasteiger partial charge in [-0.15, -0.1) is 0 Å². The van der Waals surface area contributed by atoms with Crippen molar-refractivity contribution in [3.63, 3.8) is 0 Å². The SMILES string of the molecule is CCc1ccc(C(C)NC(=O)Nc2cccc(OCCS(C)(=O)=O)c2)cc1. The van der Waals surface area contributed by atoms with Gasteiger partial charge in [0.05, 0.1) is 11.8 Å². The summed E-state index contributed by atoms with van der Waals surface area (Å²) in [6.07, 6.45) is 2.14. The van der Waals surface area contributed by atoms with Crippen LogP contribution < -0.4 is 15.4 Å². The van der Waals surface area contributed by atoms with Gasteiger partial charge in [-0.2, -0.15) is 0 Å². The van der Waals surface area contributed by atoms with E-state index in [1.165, 1.54) is 5.56 Å². The van der Waals surface area contributed by atoms with E-state index < -0.39 is 9.84 Å². The highest BCUT2D eigenvalue weighted by Gasteiger charge is 2.10. The largest absolute Gasteiger partial charge is 0.492 e. The lowest BCUT2D eigenvalue weighted by atomic mass is 10.1. The predicted octanol–water partition coefficient (Wildman–Crippen LogP) is 3.56. The van der Waals surface area contributed by atoms with Crippen LogP contribution in [0.1, 0.15) is 31.0 Å². The van der Waals surface area contributed by atoms with E-state index in [9.17, 15) is 13.2 Å². The molecule has 2 aromatic rings. The summed E-state index contributed by atoms with van der Waals surface area (Å²) in [6, 6.07) is 14.5. The number of hydrogen-bond donors (Lipinski definition) is 2. The van der Waals surface area contributed by atoms with E-state index in [0.717, 1.165) is 18.2 Å². The van der Waals surface area contributed by atoms with Gasteiger partial charge in [-0.3, -0.25) is 0 Å². The summed E-state index contributed by atoms with van der Waals surface area (Å²) >= 11 is 0. The highest BCUT2D eigenvalue weighted by atomic mass is 32.2. The summed E-state index contributed by atoms with van der Waals surface area (Å²) in [5.41, 5.74) is 2.85. The highest BCUT2D eigenvalue weighted by molar-refractivity contribution is 7.90. The first kappa shape index (κ1) is 20.8. The van der Waals surface area contributed by atoms with Crippen LogP contribution in [0, 0.1) is 0 Å². The fraction of sp³-hybridized carbons (Fsp3) is 0.350. The number of aryl methyl sites for hydroxylation is 1. The lowest BCUT2D eigenvalue weighted by Crippen LogP contribution is -2.31. The van der Waals surface area contributed by atoms with Gasteiger partial charge in [0.15, 0.2) is 9.84 Å². The number of ether oxygens (including phenoxy) is 1. The van der Waals surface area contributed by atoms with E-state index in [-0.39, 0.29) is 24.4 Å². The topological polar surface area (TPSA) is 84.5 Å². The zero-order valence-corrected chi connectivity index (χ0v) is 16.7. The second kappa shape index (κ2) is 9.41. The molecule has 0 heterocycles. The zero-order valence-electron chi connectivity index (χ0n) is 15.9. The molecule has 7 heteroatoms. The fourth-order valence-electron chi connectivity index (χ4n) is 2.46. The molecule has 0 bridgehead atoms. The van der Waals surface area contributed by atoms with Crippen LogP contribution in [0.5, 0.6) is 5.75 Å². The molecule has 0 saturated carbocycles. The Morgan fingerprint density at radius 1 is 1.15 bits per heavy atom. The number of amides is 2. The number of carbonyl (C=O) groups is 1. The van der Waals surface area contributed by atoms with Crippen molar-refractivity contribution in [1.29, 1.82) is 0 Å². The van der Waals surface area contributed by atoms with Crippen molar-refractivity contribution in [2.24, 2.45) is 0 Å². The lowest BCUT2D eigenvalue weighted by molar-refractivity contribution is 0.249. The molecule has 6 nitrogen and oxygen atoms in total. The van der Waals surface area contributed by atoms with Crippen LogP contribution in [-0.4, -0.2) is 33.1 Å². The van der Waals surface area contributed by atoms with E-state index in [2.05, 4.69) is 29.7 Å². The molecule has 0 aromatic heterocycles. The minimum Gasteiger partial charge on any atom is -0.492 e. The van der Waals surface area contributed by atoms with Crippen LogP contribution in [-0.2, 0) is 16.3 Å². The smallest absolute Gasteiger partial charge is 0.319 e. The number of carbonyl (C=O) groups excluding carboxylic acids is 1. The Kier molecular flexibility index (Phi) is 7.24. The van der Waals surface area contributed by atoms with Crippen molar-refractivity contribution in [2.75, 3.05) is 23.9 Å². The Morgan fingerprint density at radius 3 is 2.48 bits per heavy atom. The second-order valence-corrected chi connectivity index (χ2v) is 8.68. The van der Waals surface area contributed by atoms with Crippen LogP contribution in [0.15, 0.2) is 48.5 Å². The van der Waals surface area contributed by atoms with Crippen molar-refractivity contribution in [3.8, 4) is 5.75 Å². The van der Waals surface area contributed by atoms with Gasteiger partial charge in [-0.25, -0.2) is 13.2 Å². The van der Waals surface area contributed by atoms with E-state index in [1.807, 2.05) is 19.1 Å². The van der Waals surface area contributed by atoms with Gasteiger partial charge in [0.2, 0.25) is 0 Å². The molecular weight excluding hydrogens is 364 g/mol. The molecule has 0 aliphatic rings. The Labute approximate surface area is 160 Å². The second-order valence-electron chi connectivity index (χ2n) is 6.42. The van der Waals surface area contributed by atoms with E-state index >= 15 is 0 Å².